The van der Waals surface area contributed by atoms with E-state index >= 15 is 0 Å². The standard InChI is InChI=1S/C21H17ClO4/c1-24-19-4-2-3-5-20(19)26-21(23)16-8-6-15(7-9-16)14-25-18-12-10-17(22)11-13-18/h2-13H,14H2,1H3. The van der Waals surface area contributed by atoms with E-state index in [1.165, 1.54) is 7.11 Å². The second-order valence-corrected chi connectivity index (χ2v) is 5.92. The van der Waals surface area contributed by atoms with Crippen LogP contribution in [-0.2, 0) is 6.61 Å². The van der Waals surface area contributed by atoms with E-state index in [1.807, 2.05) is 18.2 Å². The summed E-state index contributed by atoms with van der Waals surface area (Å²) >= 11 is 5.85. The molecule has 0 unspecified atom stereocenters. The molecule has 0 aliphatic carbocycles. The molecule has 132 valence electrons. The number of methoxy groups -OCH3 is 1. The Labute approximate surface area is 156 Å². The van der Waals surface area contributed by atoms with Crippen LogP contribution in [0.3, 0.4) is 0 Å². The van der Waals surface area contributed by atoms with Crippen LogP contribution in [0.5, 0.6) is 17.2 Å². The van der Waals surface area contributed by atoms with Gasteiger partial charge in [-0.1, -0.05) is 35.9 Å². The first-order chi connectivity index (χ1) is 12.7. The Balaban J connectivity index is 1.61. The van der Waals surface area contributed by atoms with Crippen LogP contribution in [0.4, 0.5) is 0 Å². The first-order valence-electron chi connectivity index (χ1n) is 7.98. The van der Waals surface area contributed by atoms with Gasteiger partial charge < -0.3 is 14.2 Å². The Kier molecular flexibility index (Phi) is 5.77. The second-order valence-electron chi connectivity index (χ2n) is 5.48. The topological polar surface area (TPSA) is 44.8 Å². The number of ether oxygens (including phenoxy) is 3. The van der Waals surface area contributed by atoms with Gasteiger partial charge in [0.2, 0.25) is 0 Å². The van der Waals surface area contributed by atoms with E-state index in [0.29, 0.717) is 28.7 Å². The third-order valence-corrected chi connectivity index (χ3v) is 3.93. The van der Waals surface area contributed by atoms with Gasteiger partial charge in [0, 0.05) is 5.02 Å². The van der Waals surface area contributed by atoms with Crippen molar-refractivity contribution in [1.29, 1.82) is 0 Å². The smallest absolute Gasteiger partial charge is 0.343 e. The lowest BCUT2D eigenvalue weighted by molar-refractivity contribution is 0.0729. The summed E-state index contributed by atoms with van der Waals surface area (Å²) in [6, 6.07) is 21.2. The highest BCUT2D eigenvalue weighted by molar-refractivity contribution is 6.30. The highest BCUT2D eigenvalue weighted by Gasteiger charge is 2.11. The van der Waals surface area contributed by atoms with Crippen LogP contribution < -0.4 is 14.2 Å². The van der Waals surface area contributed by atoms with Crippen molar-refractivity contribution in [3.63, 3.8) is 0 Å². The Morgan fingerprint density at radius 2 is 1.54 bits per heavy atom. The van der Waals surface area contributed by atoms with Crippen molar-refractivity contribution in [3.8, 4) is 17.2 Å². The Bertz CT molecular complexity index is 873. The molecule has 0 radical (unpaired) electrons. The minimum Gasteiger partial charge on any atom is -0.493 e. The molecule has 0 saturated carbocycles. The maximum absolute atomic E-state index is 12.3. The van der Waals surface area contributed by atoms with E-state index in [-0.39, 0.29) is 0 Å². The zero-order valence-corrected chi connectivity index (χ0v) is 14.9. The number of rotatable bonds is 6. The van der Waals surface area contributed by atoms with E-state index in [1.54, 1.807) is 54.6 Å². The summed E-state index contributed by atoms with van der Waals surface area (Å²) in [4.78, 5) is 12.3. The molecule has 0 spiro atoms. The first kappa shape index (κ1) is 17.8. The van der Waals surface area contributed by atoms with E-state index in [2.05, 4.69) is 0 Å². The average Bonchev–Trinajstić information content (AvgIpc) is 2.68. The number of para-hydroxylation sites is 2. The maximum atomic E-state index is 12.3. The van der Waals surface area contributed by atoms with E-state index in [4.69, 9.17) is 25.8 Å². The molecule has 0 heterocycles. The molecule has 0 amide bonds. The van der Waals surface area contributed by atoms with Crippen LogP contribution >= 0.6 is 11.6 Å². The zero-order valence-electron chi connectivity index (χ0n) is 14.1. The molecule has 3 aromatic carbocycles. The number of carbonyl (C=O) groups is 1. The minimum absolute atomic E-state index is 0.384. The Morgan fingerprint density at radius 3 is 2.19 bits per heavy atom. The van der Waals surface area contributed by atoms with Gasteiger partial charge in [-0.25, -0.2) is 4.79 Å². The number of esters is 1. The van der Waals surface area contributed by atoms with Crippen molar-refractivity contribution in [1.82, 2.24) is 0 Å². The summed E-state index contributed by atoms with van der Waals surface area (Å²) in [5, 5.41) is 0.662. The second kappa shape index (κ2) is 8.41. The van der Waals surface area contributed by atoms with Crippen molar-refractivity contribution >= 4 is 17.6 Å². The third kappa shape index (κ3) is 4.55. The van der Waals surface area contributed by atoms with Crippen LogP contribution in [-0.4, -0.2) is 13.1 Å². The number of hydrogen-bond acceptors (Lipinski definition) is 4. The zero-order chi connectivity index (χ0) is 18.4. The molecule has 0 atom stereocenters. The van der Waals surface area contributed by atoms with Gasteiger partial charge in [0.15, 0.2) is 11.5 Å². The highest BCUT2D eigenvalue weighted by Crippen LogP contribution is 2.26. The highest BCUT2D eigenvalue weighted by atomic mass is 35.5. The largest absolute Gasteiger partial charge is 0.493 e. The summed E-state index contributed by atoms with van der Waals surface area (Å²) in [7, 11) is 1.53. The lowest BCUT2D eigenvalue weighted by Crippen LogP contribution is -2.09. The number of benzene rings is 3. The lowest BCUT2D eigenvalue weighted by Gasteiger charge is -2.09. The fourth-order valence-electron chi connectivity index (χ4n) is 2.30. The fraction of sp³-hybridized carbons (Fsp3) is 0.0952. The van der Waals surface area contributed by atoms with Crippen LogP contribution in [0, 0.1) is 0 Å². The van der Waals surface area contributed by atoms with E-state index in [9.17, 15) is 4.79 Å². The van der Waals surface area contributed by atoms with Gasteiger partial charge in [-0.15, -0.1) is 0 Å². The SMILES string of the molecule is COc1ccccc1OC(=O)c1ccc(COc2ccc(Cl)cc2)cc1. The lowest BCUT2D eigenvalue weighted by atomic mass is 10.1. The summed E-state index contributed by atoms with van der Waals surface area (Å²) in [5.74, 6) is 1.18. The predicted octanol–water partition coefficient (Wildman–Crippen LogP) is 5.15. The number of carbonyl (C=O) groups excluding carboxylic acids is 1. The van der Waals surface area contributed by atoms with Gasteiger partial charge >= 0.3 is 5.97 Å². The van der Waals surface area contributed by atoms with Crippen molar-refractivity contribution in [3.05, 3.63) is 88.9 Å². The van der Waals surface area contributed by atoms with Crippen molar-refractivity contribution < 1.29 is 19.0 Å². The van der Waals surface area contributed by atoms with Gasteiger partial charge in [-0.3, -0.25) is 0 Å². The summed E-state index contributed by atoms with van der Waals surface area (Å²) in [6.07, 6.45) is 0. The normalized spacial score (nSPS) is 10.2. The van der Waals surface area contributed by atoms with Gasteiger partial charge in [-0.2, -0.15) is 0 Å². The summed E-state index contributed by atoms with van der Waals surface area (Å²) in [6.45, 7) is 0.392. The maximum Gasteiger partial charge on any atom is 0.343 e. The van der Waals surface area contributed by atoms with Crippen molar-refractivity contribution in [2.24, 2.45) is 0 Å². The number of hydrogen-bond donors (Lipinski definition) is 0. The molecule has 3 rings (SSSR count). The van der Waals surface area contributed by atoms with Crippen LogP contribution in [0.1, 0.15) is 15.9 Å². The molecule has 0 aliphatic heterocycles. The predicted molar refractivity (Wildman–Crippen MR) is 100 cm³/mol. The van der Waals surface area contributed by atoms with Crippen LogP contribution in [0.2, 0.25) is 5.02 Å². The van der Waals surface area contributed by atoms with Gasteiger partial charge in [-0.05, 0) is 54.1 Å². The van der Waals surface area contributed by atoms with Crippen molar-refractivity contribution in [2.45, 2.75) is 6.61 Å². The first-order valence-corrected chi connectivity index (χ1v) is 8.36. The Hall–Kier alpha value is -2.98. The fourth-order valence-corrected chi connectivity index (χ4v) is 2.42. The molecule has 4 nitrogen and oxygen atoms in total. The van der Waals surface area contributed by atoms with Crippen molar-refractivity contribution in [2.75, 3.05) is 7.11 Å². The van der Waals surface area contributed by atoms with E-state index < -0.39 is 5.97 Å². The third-order valence-electron chi connectivity index (χ3n) is 3.68. The molecule has 0 aliphatic rings. The molecule has 0 aromatic heterocycles. The quantitative estimate of drug-likeness (QED) is 0.446. The molecule has 3 aromatic rings. The van der Waals surface area contributed by atoms with Gasteiger partial charge in [0.1, 0.15) is 12.4 Å². The molecule has 5 heteroatoms. The van der Waals surface area contributed by atoms with Crippen LogP contribution in [0.25, 0.3) is 0 Å². The average molecular weight is 369 g/mol. The summed E-state index contributed by atoms with van der Waals surface area (Å²) in [5.41, 5.74) is 1.39. The van der Waals surface area contributed by atoms with Crippen LogP contribution in [0.15, 0.2) is 72.8 Å². The molecule has 0 saturated heterocycles. The number of halogens is 1. The summed E-state index contributed by atoms with van der Waals surface area (Å²) < 4.78 is 16.3. The van der Waals surface area contributed by atoms with Gasteiger partial charge in [0.05, 0.1) is 12.7 Å². The minimum atomic E-state index is -0.445. The Morgan fingerprint density at radius 1 is 0.885 bits per heavy atom. The molecule has 0 bridgehead atoms. The molecule has 0 fully saturated rings. The molecule has 0 N–H and O–H groups in total. The van der Waals surface area contributed by atoms with Gasteiger partial charge in [0.25, 0.3) is 0 Å². The monoisotopic (exact) mass is 368 g/mol. The molecular formula is C21H17ClO4. The van der Waals surface area contributed by atoms with E-state index in [0.717, 1.165) is 11.3 Å². The molecule has 26 heavy (non-hydrogen) atoms. The molecular weight excluding hydrogens is 352 g/mol.